The fourth-order valence-electron chi connectivity index (χ4n) is 4.58. The van der Waals surface area contributed by atoms with Gasteiger partial charge in [0, 0.05) is 53.6 Å². The van der Waals surface area contributed by atoms with Crippen LogP contribution < -0.4 is 11.1 Å². The molecule has 1 aromatic carbocycles. The Balaban J connectivity index is 1.55. The van der Waals surface area contributed by atoms with Crippen molar-refractivity contribution in [1.29, 1.82) is 0 Å². The van der Waals surface area contributed by atoms with Crippen LogP contribution in [0.5, 0.6) is 0 Å². The van der Waals surface area contributed by atoms with E-state index in [9.17, 15) is 14.7 Å². The van der Waals surface area contributed by atoms with Gasteiger partial charge < -0.3 is 21.1 Å². The highest BCUT2D eigenvalue weighted by Crippen LogP contribution is 2.35. The Hall–Kier alpha value is -3.59. The van der Waals surface area contributed by atoms with Crippen LogP contribution in [0.4, 0.5) is 10.6 Å². The van der Waals surface area contributed by atoms with Crippen molar-refractivity contribution in [3.63, 3.8) is 0 Å². The summed E-state index contributed by atoms with van der Waals surface area (Å²) in [6, 6.07) is 9.40. The molecular weight excluding hydrogens is 492 g/mol. The zero-order valence-corrected chi connectivity index (χ0v) is 22.1. The summed E-state index contributed by atoms with van der Waals surface area (Å²) in [6.45, 7) is 7.65. The van der Waals surface area contributed by atoms with Crippen molar-refractivity contribution in [1.82, 2.24) is 25.0 Å². The number of nitrogens with two attached hydrogens (primary N) is 1. The van der Waals surface area contributed by atoms with Gasteiger partial charge in [-0.05, 0) is 43.0 Å². The Morgan fingerprint density at radius 2 is 1.95 bits per heavy atom. The van der Waals surface area contributed by atoms with E-state index in [1.807, 2.05) is 35.1 Å². The molecule has 2 amide bonds. The van der Waals surface area contributed by atoms with Crippen molar-refractivity contribution in [2.75, 3.05) is 25.4 Å². The number of nitrogens with zero attached hydrogens (tertiary/aromatic N) is 4. The minimum absolute atomic E-state index is 0.0986. The second-order valence-electron chi connectivity index (χ2n) is 10.4. The standard InChI is InChI=1S/C27H33ClN6O3/c1-27(2,3)23-22(16-34(32-23)20-8-11-33(12-9-20)26(36)37)18-14-21(24(29)31-15-18)25(35)30-10-7-17-5-4-6-19(28)13-17/h4-6,13-16,20H,7-12H2,1-3H3,(H2,29,31)(H,30,35)(H,36,37). The van der Waals surface area contributed by atoms with E-state index >= 15 is 0 Å². The van der Waals surface area contributed by atoms with E-state index < -0.39 is 6.09 Å². The number of piperidine rings is 1. The number of hydrogen-bond acceptors (Lipinski definition) is 5. The van der Waals surface area contributed by atoms with Crippen LogP contribution in [0.1, 0.15) is 61.3 Å². The maximum Gasteiger partial charge on any atom is 0.407 e. The van der Waals surface area contributed by atoms with Crippen molar-refractivity contribution in [3.05, 3.63) is 64.6 Å². The summed E-state index contributed by atoms with van der Waals surface area (Å²) in [6.07, 6.45) is 4.79. The Bertz CT molecular complexity index is 1290. The first-order valence-corrected chi connectivity index (χ1v) is 12.8. The van der Waals surface area contributed by atoms with E-state index in [1.165, 1.54) is 4.90 Å². The second kappa shape index (κ2) is 10.8. The minimum atomic E-state index is -0.888. The number of carboxylic acid groups (broad SMARTS) is 1. The molecule has 1 aliphatic heterocycles. The number of aromatic nitrogens is 3. The van der Waals surface area contributed by atoms with E-state index in [1.54, 1.807) is 12.3 Å². The lowest BCUT2D eigenvalue weighted by molar-refractivity contribution is 0.0954. The fraction of sp³-hybridized carbons (Fsp3) is 0.407. The molecule has 196 valence electrons. The van der Waals surface area contributed by atoms with E-state index in [4.69, 9.17) is 22.4 Å². The Morgan fingerprint density at radius 1 is 1.22 bits per heavy atom. The maximum atomic E-state index is 13.0. The molecular formula is C27H33ClN6O3. The predicted molar refractivity (Wildman–Crippen MR) is 144 cm³/mol. The lowest BCUT2D eigenvalue weighted by Crippen LogP contribution is -2.38. The summed E-state index contributed by atoms with van der Waals surface area (Å²) in [7, 11) is 0. The number of halogens is 1. The summed E-state index contributed by atoms with van der Waals surface area (Å²) in [5, 5.41) is 17.8. The number of carbonyl (C=O) groups excluding carboxylic acids is 1. The lowest BCUT2D eigenvalue weighted by atomic mass is 9.87. The summed E-state index contributed by atoms with van der Waals surface area (Å²) in [4.78, 5) is 30.0. The topological polar surface area (TPSA) is 126 Å². The van der Waals surface area contributed by atoms with Gasteiger partial charge in [0.15, 0.2) is 0 Å². The predicted octanol–water partition coefficient (Wildman–Crippen LogP) is 4.77. The van der Waals surface area contributed by atoms with Crippen LogP contribution >= 0.6 is 11.6 Å². The highest BCUT2D eigenvalue weighted by Gasteiger charge is 2.29. The van der Waals surface area contributed by atoms with Crippen LogP contribution in [0.15, 0.2) is 42.7 Å². The van der Waals surface area contributed by atoms with Gasteiger partial charge in [0.05, 0.1) is 17.3 Å². The molecule has 4 rings (SSSR count). The monoisotopic (exact) mass is 524 g/mol. The summed E-state index contributed by atoms with van der Waals surface area (Å²) < 4.78 is 1.94. The number of rotatable bonds is 6. The molecule has 0 unspecified atom stereocenters. The summed E-state index contributed by atoms with van der Waals surface area (Å²) in [5.74, 6) is -0.130. The third-order valence-corrected chi connectivity index (χ3v) is 6.85. The fourth-order valence-corrected chi connectivity index (χ4v) is 4.79. The van der Waals surface area contributed by atoms with Crippen LogP contribution in [0.2, 0.25) is 5.02 Å². The molecule has 0 saturated carbocycles. The van der Waals surface area contributed by atoms with Crippen molar-refractivity contribution in [2.45, 2.75) is 51.5 Å². The molecule has 3 heterocycles. The van der Waals surface area contributed by atoms with E-state index in [0.29, 0.717) is 49.5 Å². The molecule has 1 saturated heterocycles. The van der Waals surface area contributed by atoms with Crippen LogP contribution in [0, 0.1) is 0 Å². The number of nitrogen functional groups attached to an aromatic ring is 1. The second-order valence-corrected chi connectivity index (χ2v) is 10.9. The summed E-state index contributed by atoms with van der Waals surface area (Å²) in [5.41, 5.74) is 9.70. The molecule has 0 bridgehead atoms. The molecule has 37 heavy (non-hydrogen) atoms. The third kappa shape index (κ3) is 6.22. The number of hydrogen-bond donors (Lipinski definition) is 3. The molecule has 1 aliphatic rings. The molecule has 2 aromatic heterocycles. The van der Waals surface area contributed by atoms with E-state index in [0.717, 1.165) is 22.4 Å². The first-order valence-electron chi connectivity index (χ1n) is 12.4. The molecule has 10 heteroatoms. The van der Waals surface area contributed by atoms with Gasteiger partial charge in [-0.3, -0.25) is 9.48 Å². The number of amides is 2. The van der Waals surface area contributed by atoms with Crippen molar-refractivity contribution < 1.29 is 14.7 Å². The van der Waals surface area contributed by atoms with Crippen LogP contribution in [-0.4, -0.2) is 56.4 Å². The van der Waals surface area contributed by atoms with Gasteiger partial charge in [-0.25, -0.2) is 9.78 Å². The number of nitrogens with one attached hydrogen (secondary N) is 1. The molecule has 3 aromatic rings. The van der Waals surface area contributed by atoms with Gasteiger partial charge in [-0.15, -0.1) is 0 Å². The maximum absolute atomic E-state index is 13.0. The average Bonchev–Trinajstić information content (AvgIpc) is 3.31. The first kappa shape index (κ1) is 26.5. The Kier molecular flexibility index (Phi) is 7.73. The van der Waals surface area contributed by atoms with Gasteiger partial charge in [0.1, 0.15) is 5.82 Å². The van der Waals surface area contributed by atoms with E-state index in [2.05, 4.69) is 31.1 Å². The Labute approximate surface area is 221 Å². The number of likely N-dealkylation sites (tertiary alicyclic amines) is 1. The number of carbonyl (C=O) groups is 2. The van der Waals surface area contributed by atoms with Crippen molar-refractivity contribution >= 4 is 29.4 Å². The number of anilines is 1. The highest BCUT2D eigenvalue weighted by atomic mass is 35.5. The van der Waals surface area contributed by atoms with Gasteiger partial charge >= 0.3 is 6.09 Å². The lowest BCUT2D eigenvalue weighted by Gasteiger charge is -2.30. The highest BCUT2D eigenvalue weighted by molar-refractivity contribution is 6.30. The summed E-state index contributed by atoms with van der Waals surface area (Å²) >= 11 is 6.05. The average molecular weight is 525 g/mol. The minimum Gasteiger partial charge on any atom is -0.465 e. The number of pyridine rings is 1. The van der Waals surface area contributed by atoms with Gasteiger partial charge in [-0.2, -0.15) is 5.10 Å². The van der Waals surface area contributed by atoms with E-state index in [-0.39, 0.29) is 23.2 Å². The third-order valence-electron chi connectivity index (χ3n) is 6.61. The zero-order chi connectivity index (χ0) is 26.7. The molecule has 4 N–H and O–H groups in total. The molecule has 0 atom stereocenters. The molecule has 0 spiro atoms. The van der Waals surface area contributed by atoms with Crippen LogP contribution in [0.3, 0.4) is 0 Å². The molecule has 0 radical (unpaired) electrons. The largest absolute Gasteiger partial charge is 0.465 e. The van der Waals surface area contributed by atoms with Crippen molar-refractivity contribution in [3.8, 4) is 11.1 Å². The molecule has 9 nitrogen and oxygen atoms in total. The molecule has 0 aliphatic carbocycles. The normalized spacial score (nSPS) is 14.5. The van der Waals surface area contributed by atoms with Crippen molar-refractivity contribution in [2.24, 2.45) is 0 Å². The zero-order valence-electron chi connectivity index (χ0n) is 21.4. The number of benzene rings is 1. The molecule has 1 fully saturated rings. The quantitative estimate of drug-likeness (QED) is 0.426. The van der Waals surface area contributed by atoms with Gasteiger partial charge in [-0.1, -0.05) is 44.5 Å². The van der Waals surface area contributed by atoms with Crippen LogP contribution in [0.25, 0.3) is 11.1 Å². The van der Waals surface area contributed by atoms with Gasteiger partial charge in [0.2, 0.25) is 0 Å². The Morgan fingerprint density at radius 3 is 2.59 bits per heavy atom. The van der Waals surface area contributed by atoms with Gasteiger partial charge in [0.25, 0.3) is 5.91 Å². The van der Waals surface area contributed by atoms with Crippen LogP contribution in [-0.2, 0) is 11.8 Å². The first-order chi connectivity index (χ1) is 17.5. The SMILES string of the molecule is CC(C)(C)c1nn(C2CCN(C(=O)O)CC2)cc1-c1cnc(N)c(C(=O)NCCc2cccc(Cl)c2)c1. The smallest absolute Gasteiger partial charge is 0.407 e.